The Morgan fingerprint density at radius 1 is 1.25 bits per heavy atom. The molecule has 0 aliphatic carbocycles. The molecule has 0 heterocycles. The summed E-state index contributed by atoms with van der Waals surface area (Å²) in [5, 5.41) is 8.18. The first kappa shape index (κ1) is 14.4. The number of carbonyl (C=O) groups excluding carboxylic acids is 1. The topological polar surface area (TPSA) is 40.9 Å². The van der Waals surface area contributed by atoms with Gasteiger partial charge in [0.25, 0.3) is 0 Å². The van der Waals surface area contributed by atoms with Crippen molar-refractivity contribution in [3.8, 4) is 6.07 Å². The second kappa shape index (κ2) is 7.64. The molecule has 0 saturated carbocycles. The number of rotatable bonds is 1. The van der Waals surface area contributed by atoms with Crippen molar-refractivity contribution < 1.29 is 21.9 Å². The zero-order valence-electron chi connectivity index (χ0n) is 8.83. The third-order valence-electron chi connectivity index (χ3n) is 1.86. The zero-order valence-corrected chi connectivity index (χ0v) is 9.93. The molecule has 0 amide bonds. The largest absolute Gasteiger partial charge is 0.714 e. The van der Waals surface area contributed by atoms with E-state index >= 15 is 0 Å². The number of carbonyl (C=O) groups is 1. The quantitative estimate of drug-likeness (QED) is 0.445. The molecule has 2 aromatic carbocycles. The van der Waals surface area contributed by atoms with Crippen molar-refractivity contribution in [2.75, 3.05) is 0 Å². The van der Waals surface area contributed by atoms with Gasteiger partial charge in [0.15, 0.2) is 0 Å². The maximum Gasteiger partial charge on any atom is 0.105 e. The van der Waals surface area contributed by atoms with Gasteiger partial charge < -0.3 is 46.0 Å². The molecule has 2 aromatic rings. The van der Waals surface area contributed by atoms with Crippen molar-refractivity contribution in [2.24, 2.45) is 0 Å². The van der Waals surface area contributed by atoms with Crippen molar-refractivity contribution in [1.82, 2.24) is 0 Å². The van der Waals surface area contributed by atoms with Crippen molar-refractivity contribution in [3.05, 3.63) is 59.7 Å². The first-order valence-corrected chi connectivity index (χ1v) is 4.58. The maximum atomic E-state index is 10.5. The van der Waals surface area contributed by atoms with Gasteiger partial charge in [0.2, 0.25) is 0 Å². The zero-order chi connectivity index (χ0) is 11.1. The minimum Gasteiger partial charge on any atom is -0.714 e. The minimum atomic E-state index is 0. The van der Waals surface area contributed by atoms with Crippen LogP contribution in [0.3, 0.4) is 0 Å². The molecule has 0 atom stereocenters. The molecule has 0 bridgehead atoms. The van der Waals surface area contributed by atoms with E-state index in [1.807, 2.05) is 42.5 Å². The molecular formula is C13H11FeNO-6. The van der Waals surface area contributed by atoms with Gasteiger partial charge in [0.05, 0.1) is 0 Å². The summed E-state index contributed by atoms with van der Waals surface area (Å²) < 4.78 is 0. The summed E-state index contributed by atoms with van der Waals surface area (Å²) in [5.41, 5.74) is 1.53. The fraction of sp³-hybridized carbons (Fsp3) is 0.0769. The Kier molecular flexibility index (Phi) is 6.87. The molecular weight excluding hydrogens is 242 g/mol. The first-order chi connectivity index (χ1) is 7.24. The summed E-state index contributed by atoms with van der Waals surface area (Å²) in [4.78, 5) is 10.5. The fourth-order valence-corrected chi connectivity index (χ4v) is 1.06. The fourth-order valence-electron chi connectivity index (χ4n) is 1.06. The minimum absolute atomic E-state index is 0. The predicted octanol–water partition coefficient (Wildman–Crippen LogP) is 2.88. The normalized spacial score (nSPS) is 8.00. The molecule has 0 aliphatic rings. The molecule has 0 aromatic heterocycles. The summed E-state index contributed by atoms with van der Waals surface area (Å²) in [5.74, 6) is 0.134. The van der Waals surface area contributed by atoms with Crippen LogP contribution in [0.25, 0.3) is 0 Å². The maximum absolute atomic E-state index is 10.5. The number of Topliss-reactive ketones (excluding diaryl/α,β-unsaturated/α-hetero) is 1. The molecule has 2 rings (SSSR count). The molecule has 16 heavy (non-hydrogen) atoms. The monoisotopic (exact) mass is 253 g/mol. The van der Waals surface area contributed by atoms with Crippen LogP contribution >= 0.6 is 0 Å². The van der Waals surface area contributed by atoms with Crippen LogP contribution in [0.4, 0.5) is 0 Å². The third-order valence-corrected chi connectivity index (χ3v) is 1.86. The Morgan fingerprint density at radius 2 is 1.75 bits per heavy atom. The predicted molar refractivity (Wildman–Crippen MR) is 58.8 cm³/mol. The van der Waals surface area contributed by atoms with Crippen molar-refractivity contribution in [1.29, 1.82) is 5.26 Å². The second-order valence-electron chi connectivity index (χ2n) is 3.02. The van der Waals surface area contributed by atoms with E-state index in [9.17, 15) is 4.79 Å². The summed E-state index contributed by atoms with van der Waals surface area (Å²) in [6, 6.07) is 16.6. The van der Waals surface area contributed by atoms with Crippen LogP contribution in [0.1, 0.15) is 22.8 Å². The van der Waals surface area contributed by atoms with Crippen molar-refractivity contribution >= 4 is 5.78 Å². The molecule has 88 valence electrons. The Balaban J connectivity index is 0.000000267. The van der Waals surface area contributed by atoms with Crippen molar-refractivity contribution in [3.63, 3.8) is 0 Å². The Labute approximate surface area is 106 Å². The van der Waals surface area contributed by atoms with E-state index in [4.69, 9.17) is 5.26 Å². The van der Waals surface area contributed by atoms with E-state index in [0.717, 1.165) is 11.1 Å². The number of nitrogens with zero attached hydrogens (tertiary/aromatic N) is 1. The van der Waals surface area contributed by atoms with Crippen LogP contribution in [-0.2, 0) is 17.1 Å². The Morgan fingerprint density at radius 3 is 2.00 bits per heavy atom. The number of ketones is 1. The van der Waals surface area contributed by atoms with Gasteiger partial charge in [-0.25, -0.2) is 12.1 Å². The molecule has 0 N–H and O–H groups in total. The Hall–Kier alpha value is -1.62. The average Bonchev–Trinajstić information content (AvgIpc) is 2.92. The first-order valence-electron chi connectivity index (χ1n) is 4.58. The van der Waals surface area contributed by atoms with Gasteiger partial charge in [-0.1, -0.05) is 5.56 Å². The molecule has 0 saturated heterocycles. The van der Waals surface area contributed by atoms with E-state index in [0.29, 0.717) is 0 Å². The standard InChI is InChI=1S/C7H7O.C6H4N.Fe/c1-6(8)7-4-2-3-5-7;7-5-6-3-1-2-4-6;/h2-5H,1H3;1-4H;/q-1;-5;. The van der Waals surface area contributed by atoms with E-state index < -0.39 is 0 Å². The number of hydrogen-bond donors (Lipinski definition) is 0. The van der Waals surface area contributed by atoms with Crippen LogP contribution in [0, 0.1) is 11.3 Å². The summed E-state index contributed by atoms with van der Waals surface area (Å²) in [7, 11) is 0. The number of hydrogen-bond acceptors (Lipinski definition) is 2. The smallest absolute Gasteiger partial charge is 0.105 e. The van der Waals surface area contributed by atoms with E-state index in [2.05, 4.69) is 0 Å². The summed E-state index contributed by atoms with van der Waals surface area (Å²) >= 11 is 0. The van der Waals surface area contributed by atoms with Gasteiger partial charge in [-0.05, 0) is 6.92 Å². The molecule has 0 radical (unpaired) electrons. The van der Waals surface area contributed by atoms with Gasteiger partial charge in [-0.15, -0.1) is 0 Å². The SMILES string of the molecule is CC(=O)[c-]1cccc1.N#C[c-]1[cH-][cH-][cH-][cH-]1.[Fe]. The number of nitriles is 1. The molecule has 3 heteroatoms. The van der Waals surface area contributed by atoms with Crippen LogP contribution in [-0.4, -0.2) is 5.78 Å². The molecule has 2 nitrogen and oxygen atoms in total. The van der Waals surface area contributed by atoms with Gasteiger partial charge in [0.1, 0.15) is 5.78 Å². The van der Waals surface area contributed by atoms with E-state index in [1.165, 1.54) is 0 Å². The molecule has 0 fully saturated rings. The van der Waals surface area contributed by atoms with Gasteiger partial charge in [0, 0.05) is 17.1 Å². The average molecular weight is 253 g/mol. The van der Waals surface area contributed by atoms with E-state index in [1.54, 1.807) is 19.1 Å². The summed E-state index contributed by atoms with van der Waals surface area (Å²) in [6.07, 6.45) is 0. The Bertz CT molecular complexity index is 435. The van der Waals surface area contributed by atoms with Gasteiger partial charge in [-0.3, -0.25) is 0 Å². The van der Waals surface area contributed by atoms with E-state index in [-0.39, 0.29) is 22.9 Å². The summed E-state index contributed by atoms with van der Waals surface area (Å²) in [6.45, 7) is 1.56. The molecule has 0 spiro atoms. The van der Waals surface area contributed by atoms with Crippen LogP contribution in [0.15, 0.2) is 48.5 Å². The van der Waals surface area contributed by atoms with Crippen LogP contribution in [0.5, 0.6) is 0 Å². The molecule has 0 aliphatic heterocycles. The van der Waals surface area contributed by atoms with Crippen LogP contribution in [0.2, 0.25) is 0 Å². The molecule has 0 unspecified atom stereocenters. The van der Waals surface area contributed by atoms with Crippen LogP contribution < -0.4 is 0 Å². The second-order valence-corrected chi connectivity index (χ2v) is 3.02. The van der Waals surface area contributed by atoms with Gasteiger partial charge >= 0.3 is 0 Å². The third kappa shape index (κ3) is 4.75. The van der Waals surface area contributed by atoms with Gasteiger partial charge in [-0.2, -0.15) is 12.1 Å². The van der Waals surface area contributed by atoms with Crippen molar-refractivity contribution in [2.45, 2.75) is 6.92 Å².